The molecule has 2 atom stereocenters. The molecule has 2 aromatic rings. The normalized spacial score (nSPS) is 12.8. The molecule has 4 N–H and O–H groups in total. The average Bonchev–Trinajstić information content (AvgIpc) is 2.99. The zero-order chi connectivity index (χ0) is 16.7. The van der Waals surface area contributed by atoms with Crippen LogP contribution >= 0.6 is 24.8 Å². The molecule has 1 aromatic heterocycles. The summed E-state index contributed by atoms with van der Waals surface area (Å²) in [6.07, 6.45) is -0.773. The number of benzene rings is 1. The maximum absolute atomic E-state index is 9.53. The van der Waals surface area contributed by atoms with Gasteiger partial charge in [-0.15, -0.1) is 24.8 Å². The van der Waals surface area contributed by atoms with Gasteiger partial charge in [-0.25, -0.2) is 0 Å². The van der Waals surface area contributed by atoms with Crippen molar-refractivity contribution in [2.45, 2.75) is 32.6 Å². The fraction of sp³-hybridized carbons (Fsp3) is 0.444. The van der Waals surface area contributed by atoms with Crippen LogP contribution in [0.15, 0.2) is 40.8 Å². The Kier molecular flexibility index (Phi) is 11.8. The van der Waals surface area contributed by atoms with Gasteiger partial charge in [-0.05, 0) is 31.5 Å². The standard InChI is InChI=1S/C18H26N2O3.2ClH/c1-13(21)11-19-9-10-20-12-17-7-8-18(23-17)16-5-3-15(4-6-16)14(2)22;;/h3-8,13-14,19-22H,9-12H2,1-2H3;2*1H. The highest BCUT2D eigenvalue weighted by Crippen LogP contribution is 2.24. The summed E-state index contributed by atoms with van der Waals surface area (Å²) in [6, 6.07) is 11.7. The monoisotopic (exact) mass is 390 g/mol. The van der Waals surface area contributed by atoms with E-state index in [2.05, 4.69) is 10.6 Å². The van der Waals surface area contributed by atoms with Crippen molar-refractivity contribution in [3.05, 3.63) is 47.7 Å². The third kappa shape index (κ3) is 8.23. The molecule has 0 aliphatic heterocycles. The number of rotatable bonds is 9. The van der Waals surface area contributed by atoms with Gasteiger partial charge < -0.3 is 25.3 Å². The smallest absolute Gasteiger partial charge is 0.134 e. The molecule has 0 spiro atoms. The van der Waals surface area contributed by atoms with Crippen molar-refractivity contribution in [1.82, 2.24) is 10.6 Å². The maximum Gasteiger partial charge on any atom is 0.134 e. The van der Waals surface area contributed by atoms with E-state index in [0.717, 1.165) is 35.7 Å². The molecule has 2 rings (SSSR count). The predicted octanol–water partition coefficient (Wildman–Crippen LogP) is 2.90. The number of nitrogens with one attached hydrogen (secondary N) is 2. The van der Waals surface area contributed by atoms with E-state index in [1.54, 1.807) is 13.8 Å². The van der Waals surface area contributed by atoms with Crippen molar-refractivity contribution in [1.29, 1.82) is 0 Å². The lowest BCUT2D eigenvalue weighted by Crippen LogP contribution is -2.31. The lowest BCUT2D eigenvalue weighted by molar-refractivity contribution is 0.191. The predicted molar refractivity (Wildman–Crippen MR) is 106 cm³/mol. The molecule has 1 aromatic carbocycles. The zero-order valence-corrected chi connectivity index (χ0v) is 16.2. The highest BCUT2D eigenvalue weighted by molar-refractivity contribution is 5.85. The SMILES string of the molecule is CC(O)CNCCNCc1ccc(-c2ccc(C(C)O)cc2)o1.Cl.Cl. The zero-order valence-electron chi connectivity index (χ0n) is 14.6. The summed E-state index contributed by atoms with van der Waals surface area (Å²) in [6.45, 7) is 6.41. The summed E-state index contributed by atoms with van der Waals surface area (Å²) in [5, 5.41) is 25.1. The van der Waals surface area contributed by atoms with E-state index in [1.807, 2.05) is 36.4 Å². The molecular weight excluding hydrogens is 363 g/mol. The molecule has 5 nitrogen and oxygen atoms in total. The first-order valence-corrected chi connectivity index (χ1v) is 8.03. The molecule has 2 unspecified atom stereocenters. The van der Waals surface area contributed by atoms with Gasteiger partial charge in [0.15, 0.2) is 0 Å². The molecule has 0 saturated carbocycles. The van der Waals surface area contributed by atoms with Gasteiger partial charge in [-0.2, -0.15) is 0 Å². The van der Waals surface area contributed by atoms with Gasteiger partial charge in [-0.3, -0.25) is 0 Å². The highest BCUT2D eigenvalue weighted by Gasteiger charge is 2.06. The molecule has 0 radical (unpaired) electrons. The largest absolute Gasteiger partial charge is 0.460 e. The summed E-state index contributed by atoms with van der Waals surface area (Å²) < 4.78 is 5.83. The van der Waals surface area contributed by atoms with E-state index in [0.29, 0.717) is 13.1 Å². The minimum atomic E-state index is -0.456. The topological polar surface area (TPSA) is 77.7 Å². The first kappa shape index (κ1) is 23.9. The van der Waals surface area contributed by atoms with Crippen molar-refractivity contribution in [3.63, 3.8) is 0 Å². The van der Waals surface area contributed by atoms with Crippen LogP contribution in [0.25, 0.3) is 11.3 Å². The fourth-order valence-electron chi connectivity index (χ4n) is 2.25. The molecule has 0 bridgehead atoms. The van der Waals surface area contributed by atoms with E-state index < -0.39 is 6.10 Å². The fourth-order valence-corrected chi connectivity index (χ4v) is 2.25. The Labute approximate surface area is 161 Å². The van der Waals surface area contributed by atoms with Gasteiger partial charge in [0.1, 0.15) is 11.5 Å². The molecule has 0 amide bonds. The van der Waals surface area contributed by atoms with Gasteiger partial charge in [-0.1, -0.05) is 24.3 Å². The van der Waals surface area contributed by atoms with Crippen LogP contribution in [-0.4, -0.2) is 36.0 Å². The molecule has 25 heavy (non-hydrogen) atoms. The van der Waals surface area contributed by atoms with Crippen LogP contribution in [-0.2, 0) is 6.54 Å². The van der Waals surface area contributed by atoms with Gasteiger partial charge in [0.05, 0.1) is 18.8 Å². The number of hydrogen-bond acceptors (Lipinski definition) is 5. The number of halogens is 2. The van der Waals surface area contributed by atoms with Crippen LogP contribution in [0.1, 0.15) is 31.3 Å². The summed E-state index contributed by atoms with van der Waals surface area (Å²) in [5.41, 5.74) is 1.89. The first-order valence-electron chi connectivity index (χ1n) is 8.03. The van der Waals surface area contributed by atoms with Crippen LogP contribution in [0.3, 0.4) is 0 Å². The lowest BCUT2D eigenvalue weighted by atomic mass is 10.1. The number of aliphatic hydroxyl groups is 2. The second-order valence-corrected chi connectivity index (χ2v) is 5.79. The van der Waals surface area contributed by atoms with Gasteiger partial charge in [0.2, 0.25) is 0 Å². The molecule has 0 fully saturated rings. The average molecular weight is 391 g/mol. The summed E-state index contributed by atoms with van der Waals surface area (Å²) in [7, 11) is 0. The minimum absolute atomic E-state index is 0. The molecule has 142 valence electrons. The van der Waals surface area contributed by atoms with Crippen molar-refractivity contribution >= 4 is 24.8 Å². The minimum Gasteiger partial charge on any atom is -0.460 e. The molecule has 0 aliphatic rings. The second kappa shape index (κ2) is 12.3. The number of furan rings is 1. The van der Waals surface area contributed by atoms with E-state index in [9.17, 15) is 5.11 Å². The molecule has 0 aliphatic carbocycles. The van der Waals surface area contributed by atoms with E-state index in [-0.39, 0.29) is 30.9 Å². The van der Waals surface area contributed by atoms with Crippen LogP contribution in [0.5, 0.6) is 0 Å². The summed E-state index contributed by atoms with van der Waals surface area (Å²) in [4.78, 5) is 0. The lowest BCUT2D eigenvalue weighted by Gasteiger charge is -2.07. The Balaban J connectivity index is 0.00000288. The highest BCUT2D eigenvalue weighted by atomic mass is 35.5. The van der Waals surface area contributed by atoms with Crippen molar-refractivity contribution < 1.29 is 14.6 Å². The van der Waals surface area contributed by atoms with Crippen molar-refractivity contribution in [2.24, 2.45) is 0 Å². The van der Waals surface area contributed by atoms with Crippen LogP contribution in [0, 0.1) is 0 Å². The molecule has 1 heterocycles. The van der Waals surface area contributed by atoms with Crippen LogP contribution in [0.4, 0.5) is 0 Å². The van der Waals surface area contributed by atoms with Crippen molar-refractivity contribution in [3.8, 4) is 11.3 Å². The molecule has 7 heteroatoms. The first-order chi connectivity index (χ1) is 11.1. The van der Waals surface area contributed by atoms with Gasteiger partial charge >= 0.3 is 0 Å². The van der Waals surface area contributed by atoms with Crippen molar-refractivity contribution in [2.75, 3.05) is 19.6 Å². The third-order valence-electron chi connectivity index (χ3n) is 3.56. The summed E-state index contributed by atoms with van der Waals surface area (Å²) in [5.74, 6) is 1.71. The van der Waals surface area contributed by atoms with Crippen LogP contribution < -0.4 is 10.6 Å². The number of aliphatic hydroxyl groups excluding tert-OH is 2. The quantitative estimate of drug-likeness (QED) is 0.495. The number of hydrogen-bond donors (Lipinski definition) is 4. The van der Waals surface area contributed by atoms with E-state index >= 15 is 0 Å². The maximum atomic E-state index is 9.53. The van der Waals surface area contributed by atoms with Crippen LogP contribution in [0.2, 0.25) is 0 Å². The van der Waals surface area contributed by atoms with E-state index in [4.69, 9.17) is 9.52 Å². The van der Waals surface area contributed by atoms with Gasteiger partial charge in [0, 0.05) is 25.2 Å². The van der Waals surface area contributed by atoms with E-state index in [1.165, 1.54) is 0 Å². The Morgan fingerprint density at radius 2 is 1.56 bits per heavy atom. The Bertz CT molecular complexity index is 586. The summed E-state index contributed by atoms with van der Waals surface area (Å²) >= 11 is 0. The Morgan fingerprint density at radius 1 is 0.920 bits per heavy atom. The Hall–Kier alpha value is -1.08. The molecule has 0 saturated heterocycles. The Morgan fingerprint density at radius 3 is 2.16 bits per heavy atom. The third-order valence-corrected chi connectivity index (χ3v) is 3.56. The second-order valence-electron chi connectivity index (χ2n) is 5.79. The molecular formula is C18H28Cl2N2O3. The van der Waals surface area contributed by atoms with Gasteiger partial charge in [0.25, 0.3) is 0 Å².